The van der Waals surface area contributed by atoms with Crippen molar-refractivity contribution in [2.45, 2.75) is 26.3 Å². The van der Waals surface area contributed by atoms with Crippen molar-refractivity contribution in [3.63, 3.8) is 0 Å². The van der Waals surface area contributed by atoms with Gasteiger partial charge in [0.1, 0.15) is 0 Å². The molecule has 0 radical (unpaired) electrons. The highest BCUT2D eigenvalue weighted by Gasteiger charge is 2.19. The molecule has 2 rings (SSSR count). The van der Waals surface area contributed by atoms with E-state index in [0.717, 1.165) is 12.0 Å². The summed E-state index contributed by atoms with van der Waals surface area (Å²) in [6, 6.07) is 7.78. The third-order valence-electron chi connectivity index (χ3n) is 2.83. The van der Waals surface area contributed by atoms with Crippen molar-refractivity contribution in [3.8, 4) is 6.07 Å². The van der Waals surface area contributed by atoms with Crippen molar-refractivity contribution < 1.29 is 9.63 Å². The van der Waals surface area contributed by atoms with E-state index in [0.29, 0.717) is 25.1 Å². The second-order valence-corrected chi connectivity index (χ2v) is 4.03. The normalized spacial score (nSPS) is 14.8. The number of fused-ring (bicyclic) bond motifs is 1. The summed E-state index contributed by atoms with van der Waals surface area (Å²) < 4.78 is 0. The van der Waals surface area contributed by atoms with E-state index in [9.17, 15) is 4.79 Å². The number of nitrogens with zero attached hydrogens (tertiary/aromatic N) is 2. The van der Waals surface area contributed by atoms with Gasteiger partial charge in [-0.1, -0.05) is 13.0 Å². The van der Waals surface area contributed by atoms with Crippen LogP contribution in [0.5, 0.6) is 0 Å². The average molecular weight is 230 g/mol. The minimum Gasteiger partial charge on any atom is -0.368 e. The molecule has 0 atom stereocenters. The Morgan fingerprint density at radius 3 is 3.06 bits per heavy atom. The molecule has 0 aromatic heterocycles. The Labute approximate surface area is 100 Å². The molecule has 1 aliphatic heterocycles. The van der Waals surface area contributed by atoms with Gasteiger partial charge >= 0.3 is 5.97 Å². The van der Waals surface area contributed by atoms with Crippen molar-refractivity contribution in [1.82, 2.24) is 5.06 Å². The van der Waals surface area contributed by atoms with E-state index in [2.05, 4.69) is 6.07 Å². The third kappa shape index (κ3) is 2.63. The van der Waals surface area contributed by atoms with Crippen LogP contribution in [0.3, 0.4) is 0 Å². The van der Waals surface area contributed by atoms with E-state index in [4.69, 9.17) is 10.1 Å². The van der Waals surface area contributed by atoms with Crippen molar-refractivity contribution >= 4 is 5.97 Å². The van der Waals surface area contributed by atoms with Crippen molar-refractivity contribution in [1.29, 1.82) is 5.26 Å². The molecule has 0 aliphatic carbocycles. The summed E-state index contributed by atoms with van der Waals surface area (Å²) in [5, 5.41) is 10.5. The number of hydrogen-bond acceptors (Lipinski definition) is 4. The minimum atomic E-state index is -0.218. The minimum absolute atomic E-state index is 0.218. The van der Waals surface area contributed by atoms with Crippen molar-refractivity contribution in [3.05, 3.63) is 34.9 Å². The Balaban J connectivity index is 2.12. The first-order valence-electron chi connectivity index (χ1n) is 5.70. The van der Waals surface area contributed by atoms with Gasteiger partial charge in [0.2, 0.25) is 0 Å². The number of carbonyl (C=O) groups excluding carboxylic acids is 1. The molecule has 0 N–H and O–H groups in total. The first-order chi connectivity index (χ1) is 8.22. The number of hydrogen-bond donors (Lipinski definition) is 0. The van der Waals surface area contributed by atoms with Gasteiger partial charge in [-0.05, 0) is 29.7 Å². The molecule has 1 aliphatic rings. The number of nitriles is 1. The molecular weight excluding hydrogens is 216 g/mol. The number of hydroxylamine groups is 2. The molecular formula is C13H14N2O2. The molecule has 0 saturated carbocycles. The summed E-state index contributed by atoms with van der Waals surface area (Å²) in [7, 11) is 0. The maximum atomic E-state index is 11.2. The molecule has 1 aromatic carbocycles. The SMILES string of the molecule is CCC(=O)ON1CCc2ccc(C#N)cc2C1. The first kappa shape index (κ1) is 11.6. The van der Waals surface area contributed by atoms with Gasteiger partial charge in [-0.15, -0.1) is 5.06 Å². The molecule has 0 fully saturated rings. The number of benzene rings is 1. The summed E-state index contributed by atoms with van der Waals surface area (Å²) in [6.45, 7) is 3.05. The largest absolute Gasteiger partial charge is 0.368 e. The Kier molecular flexibility index (Phi) is 3.40. The highest BCUT2D eigenvalue weighted by Crippen LogP contribution is 2.20. The fourth-order valence-electron chi connectivity index (χ4n) is 1.89. The van der Waals surface area contributed by atoms with Gasteiger partial charge in [0.25, 0.3) is 0 Å². The zero-order valence-corrected chi connectivity index (χ0v) is 9.77. The van der Waals surface area contributed by atoms with Crippen LogP contribution < -0.4 is 0 Å². The maximum absolute atomic E-state index is 11.2. The van der Waals surface area contributed by atoms with Crippen molar-refractivity contribution in [2.24, 2.45) is 0 Å². The molecule has 4 heteroatoms. The summed E-state index contributed by atoms with van der Waals surface area (Å²) in [5.41, 5.74) is 2.94. The van der Waals surface area contributed by atoms with Gasteiger partial charge in [-0.25, -0.2) is 0 Å². The molecule has 0 spiro atoms. The average Bonchev–Trinajstić information content (AvgIpc) is 2.37. The zero-order chi connectivity index (χ0) is 12.3. The van der Waals surface area contributed by atoms with Crippen LogP contribution in [0, 0.1) is 11.3 Å². The second kappa shape index (κ2) is 4.98. The molecule has 1 aromatic rings. The van der Waals surface area contributed by atoms with Gasteiger partial charge < -0.3 is 4.84 Å². The molecule has 4 nitrogen and oxygen atoms in total. The van der Waals surface area contributed by atoms with Gasteiger partial charge in [-0.2, -0.15) is 5.26 Å². The lowest BCUT2D eigenvalue weighted by Gasteiger charge is -2.27. The number of rotatable bonds is 2. The summed E-state index contributed by atoms with van der Waals surface area (Å²) >= 11 is 0. The van der Waals surface area contributed by atoms with E-state index in [1.54, 1.807) is 12.0 Å². The second-order valence-electron chi connectivity index (χ2n) is 4.03. The maximum Gasteiger partial charge on any atom is 0.324 e. The van der Waals surface area contributed by atoms with Gasteiger partial charge in [0.05, 0.1) is 18.2 Å². The van der Waals surface area contributed by atoms with Crippen LogP contribution in [0.4, 0.5) is 0 Å². The van der Waals surface area contributed by atoms with E-state index in [1.807, 2.05) is 18.2 Å². The van der Waals surface area contributed by atoms with Crippen molar-refractivity contribution in [2.75, 3.05) is 6.54 Å². The van der Waals surface area contributed by atoms with Crippen LogP contribution in [0.25, 0.3) is 0 Å². The van der Waals surface area contributed by atoms with Gasteiger partial charge in [0.15, 0.2) is 0 Å². The Hall–Kier alpha value is -1.86. The topological polar surface area (TPSA) is 53.3 Å². The monoisotopic (exact) mass is 230 g/mol. The van der Waals surface area contributed by atoms with Gasteiger partial charge in [0, 0.05) is 13.0 Å². The fourth-order valence-corrected chi connectivity index (χ4v) is 1.89. The lowest BCUT2D eigenvalue weighted by Crippen LogP contribution is -2.32. The Bertz CT molecular complexity index is 477. The van der Waals surface area contributed by atoms with Crippen LogP contribution in [-0.4, -0.2) is 17.6 Å². The van der Waals surface area contributed by atoms with Crippen LogP contribution in [0.1, 0.15) is 30.0 Å². The third-order valence-corrected chi connectivity index (χ3v) is 2.83. The highest BCUT2D eigenvalue weighted by atomic mass is 16.7. The van der Waals surface area contributed by atoms with Crippen LogP contribution in [-0.2, 0) is 22.6 Å². The standard InChI is InChI=1S/C13H14N2O2/c1-2-13(16)17-15-6-5-11-4-3-10(8-14)7-12(11)9-15/h3-4,7H,2,5-6,9H2,1H3. The van der Waals surface area contributed by atoms with Crippen LogP contribution >= 0.6 is 0 Å². The lowest BCUT2D eigenvalue weighted by atomic mass is 9.99. The molecule has 88 valence electrons. The Morgan fingerprint density at radius 2 is 2.35 bits per heavy atom. The predicted octanol–water partition coefficient (Wildman–Crippen LogP) is 1.78. The van der Waals surface area contributed by atoms with E-state index in [-0.39, 0.29) is 5.97 Å². The molecule has 0 amide bonds. The zero-order valence-electron chi connectivity index (χ0n) is 9.77. The molecule has 17 heavy (non-hydrogen) atoms. The quantitative estimate of drug-likeness (QED) is 0.777. The smallest absolute Gasteiger partial charge is 0.324 e. The van der Waals surface area contributed by atoms with E-state index in [1.165, 1.54) is 5.56 Å². The molecule has 0 saturated heterocycles. The van der Waals surface area contributed by atoms with E-state index < -0.39 is 0 Å². The lowest BCUT2D eigenvalue weighted by molar-refractivity contribution is -0.194. The summed E-state index contributed by atoms with van der Waals surface area (Å²) in [4.78, 5) is 16.4. The predicted molar refractivity (Wildman–Crippen MR) is 61.7 cm³/mol. The molecule has 1 heterocycles. The molecule has 0 unspecified atom stereocenters. The summed E-state index contributed by atoms with van der Waals surface area (Å²) in [5.74, 6) is -0.218. The fraction of sp³-hybridized carbons (Fsp3) is 0.385. The molecule has 0 bridgehead atoms. The highest BCUT2D eigenvalue weighted by molar-refractivity contribution is 5.68. The van der Waals surface area contributed by atoms with Crippen LogP contribution in [0.2, 0.25) is 0 Å². The summed E-state index contributed by atoms with van der Waals surface area (Å²) in [6.07, 6.45) is 1.22. The first-order valence-corrected chi connectivity index (χ1v) is 5.70. The van der Waals surface area contributed by atoms with Gasteiger partial charge in [-0.3, -0.25) is 4.79 Å². The Morgan fingerprint density at radius 1 is 1.53 bits per heavy atom. The van der Waals surface area contributed by atoms with E-state index >= 15 is 0 Å². The van der Waals surface area contributed by atoms with Crippen LogP contribution in [0.15, 0.2) is 18.2 Å². The number of carbonyl (C=O) groups is 1.